The third kappa shape index (κ3) is 3.59. The molecular formula is C22H17N3O5S. The second-order valence-electron chi connectivity index (χ2n) is 6.78. The molecule has 156 valence electrons. The molecule has 1 aromatic heterocycles. The molecule has 1 aliphatic rings. The van der Waals surface area contributed by atoms with Crippen LogP contribution in [-0.2, 0) is 9.53 Å². The highest BCUT2D eigenvalue weighted by Gasteiger charge is 2.31. The number of carbonyl (C=O) groups is 4. The molecule has 0 radical (unpaired) electrons. The van der Waals surface area contributed by atoms with Crippen LogP contribution >= 0.6 is 11.5 Å². The van der Waals surface area contributed by atoms with Gasteiger partial charge in [0.05, 0.1) is 16.9 Å². The minimum Gasteiger partial charge on any atom is -0.452 e. The first-order valence-corrected chi connectivity index (χ1v) is 10.1. The van der Waals surface area contributed by atoms with Crippen molar-refractivity contribution in [2.75, 3.05) is 24.3 Å². The number of ether oxygens (including phenoxy) is 1. The van der Waals surface area contributed by atoms with Crippen LogP contribution in [0, 0.1) is 6.92 Å². The fraction of sp³-hybridized carbons (Fsp3) is 0.136. The molecule has 0 saturated heterocycles. The topological polar surface area (TPSA) is 114 Å². The van der Waals surface area contributed by atoms with Gasteiger partial charge in [0.1, 0.15) is 10.6 Å². The summed E-state index contributed by atoms with van der Waals surface area (Å²) in [5, 5.41) is 5.98. The summed E-state index contributed by atoms with van der Waals surface area (Å²) >= 11 is 1.12. The minimum atomic E-state index is -0.680. The van der Waals surface area contributed by atoms with Crippen molar-refractivity contribution in [3.63, 3.8) is 0 Å². The lowest BCUT2D eigenvalue weighted by atomic mass is 9.83. The molecule has 0 spiro atoms. The van der Waals surface area contributed by atoms with E-state index in [4.69, 9.17) is 4.74 Å². The first-order chi connectivity index (χ1) is 14.9. The maximum Gasteiger partial charge on any atom is 0.343 e. The van der Waals surface area contributed by atoms with Crippen LogP contribution in [0.2, 0.25) is 0 Å². The minimum absolute atomic E-state index is 0.126. The quantitative estimate of drug-likeness (QED) is 0.463. The predicted octanol–water partition coefficient (Wildman–Crippen LogP) is 3.06. The highest BCUT2D eigenvalue weighted by atomic mass is 32.1. The van der Waals surface area contributed by atoms with E-state index in [1.165, 1.54) is 6.07 Å². The van der Waals surface area contributed by atoms with Crippen molar-refractivity contribution in [2.45, 2.75) is 6.92 Å². The number of benzene rings is 2. The molecule has 4 rings (SSSR count). The maximum absolute atomic E-state index is 13.0. The van der Waals surface area contributed by atoms with Crippen molar-refractivity contribution in [2.24, 2.45) is 0 Å². The summed E-state index contributed by atoms with van der Waals surface area (Å²) in [4.78, 5) is 50.6. The number of anilines is 2. The molecule has 0 bridgehead atoms. The molecule has 31 heavy (non-hydrogen) atoms. The fourth-order valence-electron chi connectivity index (χ4n) is 3.42. The third-order valence-electron chi connectivity index (χ3n) is 4.85. The third-order valence-corrected chi connectivity index (χ3v) is 5.81. The Hall–Kier alpha value is -3.85. The maximum atomic E-state index is 13.0. The number of fused-ring (bicyclic) bond motifs is 2. The summed E-state index contributed by atoms with van der Waals surface area (Å²) < 4.78 is 9.21. The SMILES string of the molecule is CNc1snc(C)c1C(=O)OCC(=O)Nc1cccc2c1C(=O)c1ccccc1C2=O. The molecule has 1 aliphatic carbocycles. The van der Waals surface area contributed by atoms with Gasteiger partial charge in [-0.05, 0) is 24.5 Å². The molecule has 3 aromatic rings. The van der Waals surface area contributed by atoms with E-state index in [1.807, 2.05) is 0 Å². The lowest BCUT2D eigenvalue weighted by molar-refractivity contribution is -0.119. The lowest BCUT2D eigenvalue weighted by Crippen LogP contribution is -2.26. The van der Waals surface area contributed by atoms with E-state index < -0.39 is 18.5 Å². The number of hydrogen-bond acceptors (Lipinski definition) is 8. The molecule has 2 aromatic carbocycles. The average molecular weight is 435 g/mol. The largest absolute Gasteiger partial charge is 0.452 e. The molecule has 2 N–H and O–H groups in total. The Balaban J connectivity index is 1.53. The molecule has 9 heteroatoms. The van der Waals surface area contributed by atoms with E-state index in [1.54, 1.807) is 50.4 Å². The molecule has 0 saturated carbocycles. The summed E-state index contributed by atoms with van der Waals surface area (Å²) in [6, 6.07) is 11.2. The van der Waals surface area contributed by atoms with Gasteiger partial charge in [0.15, 0.2) is 18.2 Å². The molecule has 8 nitrogen and oxygen atoms in total. The molecule has 0 atom stereocenters. The van der Waals surface area contributed by atoms with Crippen LogP contribution in [0.5, 0.6) is 0 Å². The number of aryl methyl sites for hydroxylation is 1. The number of rotatable bonds is 5. The average Bonchev–Trinajstić information content (AvgIpc) is 3.16. The molecular weight excluding hydrogens is 418 g/mol. The standard InChI is InChI=1S/C22H17N3O5S/c1-11-17(21(23-2)31-25-11)22(29)30-10-16(26)24-15-9-5-8-14-18(15)20(28)13-7-4-3-6-12(13)19(14)27/h3-9,23H,10H2,1-2H3,(H,24,26). The summed E-state index contributed by atoms with van der Waals surface area (Å²) in [5.41, 5.74) is 1.93. The Kier molecular flexibility index (Phi) is 5.35. The van der Waals surface area contributed by atoms with Gasteiger partial charge in [0.2, 0.25) is 0 Å². The number of nitrogens with one attached hydrogen (secondary N) is 2. The van der Waals surface area contributed by atoms with Crippen LogP contribution in [0.3, 0.4) is 0 Å². The van der Waals surface area contributed by atoms with Gasteiger partial charge in [0, 0.05) is 23.7 Å². The van der Waals surface area contributed by atoms with Gasteiger partial charge in [-0.25, -0.2) is 4.79 Å². The smallest absolute Gasteiger partial charge is 0.343 e. The van der Waals surface area contributed by atoms with Crippen molar-refractivity contribution in [1.29, 1.82) is 0 Å². The van der Waals surface area contributed by atoms with E-state index in [0.29, 0.717) is 16.3 Å². The fourth-order valence-corrected chi connectivity index (χ4v) is 4.15. The van der Waals surface area contributed by atoms with Crippen LogP contribution < -0.4 is 10.6 Å². The van der Waals surface area contributed by atoms with Crippen LogP contribution in [0.15, 0.2) is 42.5 Å². The Morgan fingerprint density at radius 3 is 2.39 bits per heavy atom. The van der Waals surface area contributed by atoms with Crippen molar-refractivity contribution in [3.05, 3.63) is 76.0 Å². The number of hydrogen-bond donors (Lipinski definition) is 2. The molecule has 0 aliphatic heterocycles. The van der Waals surface area contributed by atoms with Gasteiger partial charge in [-0.15, -0.1) is 0 Å². The Labute approximate surface area is 181 Å². The Bertz CT molecular complexity index is 1250. The number of esters is 1. The van der Waals surface area contributed by atoms with E-state index in [0.717, 1.165) is 11.5 Å². The number of aromatic nitrogens is 1. The van der Waals surface area contributed by atoms with Gasteiger partial charge in [-0.3, -0.25) is 14.4 Å². The molecule has 1 heterocycles. The van der Waals surface area contributed by atoms with Crippen LogP contribution in [0.25, 0.3) is 0 Å². The number of amides is 1. The number of nitrogens with zero attached hydrogens (tertiary/aromatic N) is 1. The number of carbonyl (C=O) groups excluding carboxylic acids is 4. The van der Waals surface area contributed by atoms with E-state index in [2.05, 4.69) is 15.0 Å². The Morgan fingerprint density at radius 1 is 1.00 bits per heavy atom. The van der Waals surface area contributed by atoms with E-state index in [9.17, 15) is 19.2 Å². The molecule has 1 amide bonds. The lowest BCUT2D eigenvalue weighted by Gasteiger charge is -2.20. The van der Waals surface area contributed by atoms with E-state index in [-0.39, 0.29) is 39.5 Å². The summed E-state index contributed by atoms with van der Waals surface area (Å²) in [7, 11) is 1.66. The van der Waals surface area contributed by atoms with Crippen molar-refractivity contribution < 1.29 is 23.9 Å². The van der Waals surface area contributed by atoms with Gasteiger partial charge >= 0.3 is 5.97 Å². The summed E-state index contributed by atoms with van der Waals surface area (Å²) in [6.45, 7) is 1.12. The zero-order valence-electron chi connectivity index (χ0n) is 16.6. The Morgan fingerprint density at radius 2 is 1.68 bits per heavy atom. The monoisotopic (exact) mass is 435 g/mol. The van der Waals surface area contributed by atoms with Crippen molar-refractivity contribution in [3.8, 4) is 0 Å². The normalized spacial score (nSPS) is 12.1. The van der Waals surface area contributed by atoms with Gasteiger partial charge in [-0.1, -0.05) is 36.4 Å². The first-order valence-electron chi connectivity index (χ1n) is 9.34. The number of ketones is 2. The zero-order chi connectivity index (χ0) is 22.1. The van der Waals surface area contributed by atoms with E-state index >= 15 is 0 Å². The van der Waals surface area contributed by atoms with Crippen LogP contribution in [-0.4, -0.2) is 41.5 Å². The molecule has 0 unspecified atom stereocenters. The highest BCUT2D eigenvalue weighted by molar-refractivity contribution is 7.10. The van der Waals surface area contributed by atoms with Gasteiger partial charge in [-0.2, -0.15) is 4.37 Å². The predicted molar refractivity (Wildman–Crippen MR) is 115 cm³/mol. The van der Waals surface area contributed by atoms with Crippen LogP contribution in [0.1, 0.15) is 47.9 Å². The highest BCUT2D eigenvalue weighted by Crippen LogP contribution is 2.32. The van der Waals surface area contributed by atoms with Crippen molar-refractivity contribution >= 4 is 45.7 Å². The molecule has 0 fully saturated rings. The van der Waals surface area contributed by atoms with Crippen molar-refractivity contribution in [1.82, 2.24) is 4.37 Å². The zero-order valence-corrected chi connectivity index (χ0v) is 17.5. The van der Waals surface area contributed by atoms with Gasteiger partial charge in [0.25, 0.3) is 5.91 Å². The first kappa shape index (κ1) is 20.4. The van der Waals surface area contributed by atoms with Crippen LogP contribution in [0.4, 0.5) is 10.7 Å². The van der Waals surface area contributed by atoms with Gasteiger partial charge < -0.3 is 15.4 Å². The second-order valence-corrected chi connectivity index (χ2v) is 7.55. The summed E-state index contributed by atoms with van der Waals surface area (Å²) in [5.74, 6) is -1.95. The summed E-state index contributed by atoms with van der Waals surface area (Å²) in [6.07, 6.45) is 0. The second kappa shape index (κ2) is 8.11.